The first kappa shape index (κ1) is 16.7. The van der Waals surface area contributed by atoms with Crippen LogP contribution < -0.4 is 10.6 Å². The van der Waals surface area contributed by atoms with Gasteiger partial charge in [-0.2, -0.15) is 0 Å². The van der Waals surface area contributed by atoms with E-state index in [2.05, 4.69) is 10.6 Å². The number of hydrogen-bond acceptors (Lipinski definition) is 2. The maximum absolute atomic E-state index is 13.7. The molecule has 1 aliphatic carbocycles. The second-order valence-corrected chi connectivity index (χ2v) is 6.21. The molecule has 122 valence electrons. The van der Waals surface area contributed by atoms with Crippen LogP contribution in [-0.2, 0) is 0 Å². The highest BCUT2D eigenvalue weighted by Gasteiger charge is 2.42. The number of benzene rings is 1. The number of nitrogens with one attached hydrogen (secondary N) is 2. The first-order chi connectivity index (χ1) is 10.4. The fourth-order valence-electron chi connectivity index (χ4n) is 2.68. The number of hydrogen-bond donors (Lipinski definition) is 3. The third-order valence-corrected chi connectivity index (χ3v) is 3.79. The first-order valence-corrected chi connectivity index (χ1v) is 7.54. The van der Waals surface area contributed by atoms with Crippen LogP contribution in [0.25, 0.3) is 0 Å². The van der Waals surface area contributed by atoms with Crippen molar-refractivity contribution in [2.24, 2.45) is 5.92 Å². The highest BCUT2D eigenvalue weighted by molar-refractivity contribution is 5.75. The van der Waals surface area contributed by atoms with Crippen LogP contribution in [0.1, 0.15) is 38.2 Å². The van der Waals surface area contributed by atoms with E-state index in [1.165, 1.54) is 18.2 Å². The van der Waals surface area contributed by atoms with Crippen molar-refractivity contribution >= 4 is 6.03 Å². The van der Waals surface area contributed by atoms with Gasteiger partial charge in [-0.05, 0) is 30.9 Å². The second kappa shape index (κ2) is 7.05. The van der Waals surface area contributed by atoms with Gasteiger partial charge in [-0.25, -0.2) is 13.6 Å². The van der Waals surface area contributed by atoms with Gasteiger partial charge in [0.2, 0.25) is 0 Å². The Balaban J connectivity index is 1.87. The SMILES string of the molecule is CC(C)CC(CO)NC(=O)NC1CC1c1c(F)cccc1F. The Morgan fingerprint density at radius 1 is 1.36 bits per heavy atom. The van der Waals surface area contributed by atoms with Gasteiger partial charge in [-0.3, -0.25) is 0 Å². The van der Waals surface area contributed by atoms with Gasteiger partial charge in [-0.15, -0.1) is 0 Å². The van der Waals surface area contributed by atoms with Crippen molar-refractivity contribution in [3.8, 4) is 0 Å². The quantitative estimate of drug-likeness (QED) is 0.756. The maximum Gasteiger partial charge on any atom is 0.315 e. The third-order valence-electron chi connectivity index (χ3n) is 3.79. The topological polar surface area (TPSA) is 61.4 Å². The molecule has 0 spiro atoms. The van der Waals surface area contributed by atoms with E-state index in [1.54, 1.807) is 0 Å². The van der Waals surface area contributed by atoms with E-state index in [4.69, 9.17) is 0 Å². The molecule has 1 aliphatic rings. The molecule has 1 aromatic carbocycles. The molecule has 0 saturated heterocycles. The van der Waals surface area contributed by atoms with E-state index < -0.39 is 17.7 Å². The molecule has 3 unspecified atom stereocenters. The molecule has 2 amide bonds. The third kappa shape index (κ3) is 4.16. The minimum absolute atomic E-state index is 0.0358. The van der Waals surface area contributed by atoms with E-state index in [0.717, 1.165) is 0 Å². The zero-order chi connectivity index (χ0) is 16.3. The van der Waals surface area contributed by atoms with Gasteiger partial charge in [-0.1, -0.05) is 19.9 Å². The lowest BCUT2D eigenvalue weighted by Gasteiger charge is -2.18. The summed E-state index contributed by atoms with van der Waals surface area (Å²) in [5.74, 6) is -1.14. The fraction of sp³-hybridized carbons (Fsp3) is 0.562. The zero-order valence-electron chi connectivity index (χ0n) is 12.8. The molecular formula is C16H22F2N2O2. The van der Waals surface area contributed by atoms with Crippen molar-refractivity contribution < 1.29 is 18.7 Å². The van der Waals surface area contributed by atoms with Crippen LogP contribution in [-0.4, -0.2) is 29.8 Å². The average molecular weight is 312 g/mol. The van der Waals surface area contributed by atoms with Crippen LogP contribution in [0.15, 0.2) is 18.2 Å². The fourth-order valence-corrected chi connectivity index (χ4v) is 2.68. The smallest absolute Gasteiger partial charge is 0.315 e. The van der Waals surface area contributed by atoms with Crippen LogP contribution in [0.5, 0.6) is 0 Å². The van der Waals surface area contributed by atoms with Crippen LogP contribution in [0, 0.1) is 17.6 Å². The molecule has 1 aromatic rings. The standard InChI is InChI=1S/C16H22F2N2O2/c1-9(2)6-10(8-21)19-16(22)20-14-7-11(14)15-12(17)4-3-5-13(15)18/h3-5,9-11,14,21H,6-8H2,1-2H3,(H2,19,20,22). The highest BCUT2D eigenvalue weighted by Crippen LogP contribution is 2.42. The Kier molecular flexibility index (Phi) is 5.34. The van der Waals surface area contributed by atoms with Gasteiger partial charge in [0.15, 0.2) is 0 Å². The number of carbonyl (C=O) groups excluding carboxylic acids is 1. The predicted molar refractivity (Wildman–Crippen MR) is 79.5 cm³/mol. The van der Waals surface area contributed by atoms with Gasteiger partial charge in [0, 0.05) is 17.5 Å². The number of aliphatic hydroxyl groups is 1. The molecule has 0 bridgehead atoms. The van der Waals surface area contributed by atoms with Gasteiger partial charge < -0.3 is 15.7 Å². The summed E-state index contributed by atoms with van der Waals surface area (Å²) in [6.45, 7) is 3.86. The lowest BCUT2D eigenvalue weighted by atomic mass is 10.0. The molecule has 3 atom stereocenters. The Morgan fingerprint density at radius 3 is 2.55 bits per heavy atom. The summed E-state index contributed by atoms with van der Waals surface area (Å²) in [7, 11) is 0. The summed E-state index contributed by atoms with van der Waals surface area (Å²) in [5.41, 5.74) is 0.0358. The molecule has 1 saturated carbocycles. The number of amides is 2. The van der Waals surface area contributed by atoms with Gasteiger partial charge in [0.1, 0.15) is 11.6 Å². The van der Waals surface area contributed by atoms with Gasteiger partial charge in [0.25, 0.3) is 0 Å². The summed E-state index contributed by atoms with van der Waals surface area (Å²) in [5, 5.41) is 14.6. The minimum Gasteiger partial charge on any atom is -0.394 e. The van der Waals surface area contributed by atoms with E-state index in [9.17, 15) is 18.7 Å². The van der Waals surface area contributed by atoms with E-state index in [-0.39, 0.29) is 30.2 Å². The van der Waals surface area contributed by atoms with Crippen molar-refractivity contribution in [2.45, 2.75) is 44.7 Å². The molecule has 0 aromatic heterocycles. The predicted octanol–water partition coefficient (Wildman–Crippen LogP) is 2.53. The number of aliphatic hydroxyl groups excluding tert-OH is 1. The van der Waals surface area contributed by atoms with Crippen molar-refractivity contribution in [3.05, 3.63) is 35.4 Å². The van der Waals surface area contributed by atoms with Gasteiger partial charge in [0.05, 0.1) is 12.6 Å². The number of rotatable bonds is 6. The number of urea groups is 1. The minimum atomic E-state index is -0.581. The molecule has 0 aliphatic heterocycles. The highest BCUT2D eigenvalue weighted by atomic mass is 19.1. The van der Waals surface area contributed by atoms with E-state index >= 15 is 0 Å². The van der Waals surface area contributed by atoms with E-state index in [1.807, 2.05) is 13.8 Å². The first-order valence-electron chi connectivity index (χ1n) is 7.54. The maximum atomic E-state index is 13.7. The normalized spacial score (nSPS) is 21.5. The Morgan fingerprint density at radius 2 is 2.00 bits per heavy atom. The Hall–Kier alpha value is -1.69. The van der Waals surface area contributed by atoms with Gasteiger partial charge >= 0.3 is 6.03 Å². The van der Waals surface area contributed by atoms with Crippen LogP contribution in [0.2, 0.25) is 0 Å². The Bertz CT molecular complexity index is 517. The lowest BCUT2D eigenvalue weighted by molar-refractivity contribution is 0.206. The lowest BCUT2D eigenvalue weighted by Crippen LogP contribution is -2.45. The molecular weight excluding hydrogens is 290 g/mol. The summed E-state index contributed by atoms with van der Waals surface area (Å²) >= 11 is 0. The summed E-state index contributed by atoms with van der Waals surface area (Å²) in [4.78, 5) is 11.9. The molecule has 0 heterocycles. The van der Waals surface area contributed by atoms with Crippen LogP contribution >= 0.6 is 0 Å². The van der Waals surface area contributed by atoms with Crippen molar-refractivity contribution in [3.63, 3.8) is 0 Å². The van der Waals surface area contributed by atoms with Crippen molar-refractivity contribution in [1.29, 1.82) is 0 Å². The Labute approximate surface area is 128 Å². The van der Waals surface area contributed by atoms with E-state index in [0.29, 0.717) is 18.8 Å². The summed E-state index contributed by atoms with van der Waals surface area (Å²) in [6, 6.07) is 2.76. The molecule has 3 N–H and O–H groups in total. The molecule has 22 heavy (non-hydrogen) atoms. The summed E-state index contributed by atoms with van der Waals surface area (Å²) < 4.78 is 27.3. The van der Waals surface area contributed by atoms with Crippen LogP contribution in [0.4, 0.5) is 13.6 Å². The van der Waals surface area contributed by atoms with Crippen LogP contribution in [0.3, 0.4) is 0 Å². The number of carbonyl (C=O) groups is 1. The molecule has 1 fully saturated rings. The van der Waals surface area contributed by atoms with Crippen molar-refractivity contribution in [1.82, 2.24) is 10.6 Å². The second-order valence-electron chi connectivity index (χ2n) is 6.21. The number of halogens is 2. The molecule has 6 heteroatoms. The molecule has 0 radical (unpaired) electrons. The molecule has 4 nitrogen and oxygen atoms in total. The largest absolute Gasteiger partial charge is 0.394 e. The average Bonchev–Trinajstić information content (AvgIpc) is 3.15. The zero-order valence-corrected chi connectivity index (χ0v) is 12.8. The molecule has 2 rings (SSSR count). The summed E-state index contributed by atoms with van der Waals surface area (Å²) in [6.07, 6.45) is 1.18. The van der Waals surface area contributed by atoms with Crippen molar-refractivity contribution in [2.75, 3.05) is 6.61 Å². The monoisotopic (exact) mass is 312 g/mol.